The number of benzene rings is 2. The van der Waals surface area contributed by atoms with E-state index in [1.54, 1.807) is 36.4 Å². The lowest BCUT2D eigenvalue weighted by Crippen LogP contribution is -2.37. The van der Waals surface area contributed by atoms with Crippen LogP contribution in [0.1, 0.15) is 18.4 Å². The summed E-state index contributed by atoms with van der Waals surface area (Å²) in [6, 6.07) is 13.2. The van der Waals surface area contributed by atoms with Crippen molar-refractivity contribution < 1.29 is 22.6 Å². The lowest BCUT2D eigenvalue weighted by atomic mass is 9.98. The van der Waals surface area contributed by atoms with Crippen molar-refractivity contribution in [3.05, 3.63) is 59.9 Å². The lowest BCUT2D eigenvalue weighted by molar-refractivity contribution is -0.0508. The Morgan fingerprint density at radius 3 is 2.54 bits per heavy atom. The van der Waals surface area contributed by atoms with E-state index in [1.807, 2.05) is 6.07 Å². The molecule has 1 fully saturated rings. The Labute approximate surface area is 151 Å². The van der Waals surface area contributed by atoms with Gasteiger partial charge in [-0.1, -0.05) is 30.3 Å². The molecule has 0 aliphatic carbocycles. The number of piperidine rings is 1. The number of hydrogen-bond donors (Lipinski definition) is 0. The van der Waals surface area contributed by atoms with Gasteiger partial charge >= 0.3 is 6.61 Å². The Morgan fingerprint density at radius 1 is 1.04 bits per heavy atom. The van der Waals surface area contributed by atoms with E-state index in [0.29, 0.717) is 13.2 Å². The fourth-order valence-electron chi connectivity index (χ4n) is 3.29. The summed E-state index contributed by atoms with van der Waals surface area (Å²) in [5, 5.41) is 0. The first kappa shape index (κ1) is 18.6. The van der Waals surface area contributed by atoms with Gasteiger partial charge in [0.2, 0.25) is 0 Å². The second-order valence-corrected chi connectivity index (χ2v) is 6.47. The Bertz CT molecular complexity index is 711. The summed E-state index contributed by atoms with van der Waals surface area (Å²) in [4.78, 5) is 2.20. The average molecular weight is 365 g/mol. The lowest BCUT2D eigenvalue weighted by Gasteiger charge is -2.33. The number of halogens is 3. The number of para-hydroxylation sites is 2. The van der Waals surface area contributed by atoms with Crippen molar-refractivity contribution >= 4 is 0 Å². The SMILES string of the molecule is Fc1ccccc1OC[C@H]1CCCN(Cc2ccccc2OC(F)F)C1. The number of nitrogens with zero attached hydrogens (tertiary/aromatic N) is 1. The quantitative estimate of drug-likeness (QED) is 0.709. The van der Waals surface area contributed by atoms with Gasteiger partial charge in [0.15, 0.2) is 11.6 Å². The molecule has 0 N–H and O–H groups in total. The third-order valence-electron chi connectivity index (χ3n) is 4.50. The molecule has 0 amide bonds. The summed E-state index contributed by atoms with van der Waals surface area (Å²) in [7, 11) is 0. The molecule has 2 aromatic carbocycles. The summed E-state index contributed by atoms with van der Waals surface area (Å²) in [6.45, 7) is -0.193. The molecule has 0 spiro atoms. The van der Waals surface area contributed by atoms with Crippen molar-refractivity contribution in [2.75, 3.05) is 19.7 Å². The normalized spacial score (nSPS) is 18.1. The molecule has 1 saturated heterocycles. The van der Waals surface area contributed by atoms with Crippen LogP contribution in [-0.2, 0) is 6.54 Å². The van der Waals surface area contributed by atoms with Crippen LogP contribution in [0.15, 0.2) is 48.5 Å². The van der Waals surface area contributed by atoms with E-state index < -0.39 is 6.61 Å². The fraction of sp³-hybridized carbons (Fsp3) is 0.400. The van der Waals surface area contributed by atoms with Gasteiger partial charge < -0.3 is 9.47 Å². The number of hydrogen-bond acceptors (Lipinski definition) is 3. The van der Waals surface area contributed by atoms with Crippen LogP contribution in [0.4, 0.5) is 13.2 Å². The Kier molecular flexibility index (Phi) is 6.39. The third-order valence-corrected chi connectivity index (χ3v) is 4.50. The first-order valence-electron chi connectivity index (χ1n) is 8.74. The molecule has 6 heteroatoms. The zero-order chi connectivity index (χ0) is 18.4. The maximum atomic E-state index is 13.6. The van der Waals surface area contributed by atoms with Crippen molar-refractivity contribution in [2.24, 2.45) is 5.92 Å². The zero-order valence-electron chi connectivity index (χ0n) is 14.4. The van der Waals surface area contributed by atoms with Crippen LogP contribution in [0, 0.1) is 11.7 Å². The molecule has 0 radical (unpaired) electrons. The van der Waals surface area contributed by atoms with Crippen molar-refractivity contribution in [1.29, 1.82) is 0 Å². The van der Waals surface area contributed by atoms with Crippen molar-refractivity contribution in [3.63, 3.8) is 0 Å². The van der Waals surface area contributed by atoms with E-state index in [4.69, 9.17) is 4.74 Å². The predicted molar refractivity (Wildman–Crippen MR) is 93.0 cm³/mol. The summed E-state index contributed by atoms with van der Waals surface area (Å²) in [5.41, 5.74) is 0.739. The van der Waals surface area contributed by atoms with Crippen molar-refractivity contribution in [1.82, 2.24) is 4.90 Å². The highest BCUT2D eigenvalue weighted by Crippen LogP contribution is 2.25. The topological polar surface area (TPSA) is 21.7 Å². The molecule has 1 heterocycles. The molecule has 3 rings (SSSR count). The molecule has 1 atom stereocenters. The molecule has 0 bridgehead atoms. The van der Waals surface area contributed by atoms with Gasteiger partial charge in [0, 0.05) is 24.6 Å². The van der Waals surface area contributed by atoms with Gasteiger partial charge in [-0.25, -0.2) is 4.39 Å². The first-order valence-corrected chi connectivity index (χ1v) is 8.74. The van der Waals surface area contributed by atoms with E-state index in [0.717, 1.165) is 31.5 Å². The fourth-order valence-corrected chi connectivity index (χ4v) is 3.29. The van der Waals surface area contributed by atoms with Gasteiger partial charge in [0.05, 0.1) is 6.61 Å². The standard InChI is InChI=1S/C20H22F3NO2/c21-17-8-2-4-10-19(17)25-14-15-6-5-11-24(12-15)13-16-7-1-3-9-18(16)26-20(22)23/h1-4,7-10,15,20H,5-6,11-14H2/t15-/m0/s1. The second-order valence-electron chi connectivity index (χ2n) is 6.47. The summed E-state index contributed by atoms with van der Waals surface area (Å²) >= 11 is 0. The number of alkyl halides is 2. The van der Waals surface area contributed by atoms with Crippen molar-refractivity contribution in [3.8, 4) is 11.5 Å². The average Bonchev–Trinajstić information content (AvgIpc) is 2.63. The van der Waals surface area contributed by atoms with Crippen LogP contribution >= 0.6 is 0 Å². The Hall–Kier alpha value is -2.21. The van der Waals surface area contributed by atoms with Gasteiger partial charge in [-0.15, -0.1) is 0 Å². The van der Waals surface area contributed by atoms with E-state index in [2.05, 4.69) is 9.64 Å². The van der Waals surface area contributed by atoms with E-state index in [-0.39, 0.29) is 23.2 Å². The summed E-state index contributed by atoms with van der Waals surface area (Å²) < 4.78 is 49.0. The van der Waals surface area contributed by atoms with Crippen LogP contribution in [0.3, 0.4) is 0 Å². The maximum absolute atomic E-state index is 13.6. The summed E-state index contributed by atoms with van der Waals surface area (Å²) in [5.74, 6) is 0.386. The molecule has 3 nitrogen and oxygen atoms in total. The highest BCUT2D eigenvalue weighted by molar-refractivity contribution is 5.33. The van der Waals surface area contributed by atoms with Crippen molar-refractivity contribution in [2.45, 2.75) is 26.0 Å². The van der Waals surface area contributed by atoms with E-state index in [1.165, 1.54) is 6.07 Å². The minimum atomic E-state index is -2.83. The molecule has 140 valence electrons. The molecule has 2 aromatic rings. The predicted octanol–water partition coefficient (Wildman–Crippen LogP) is 4.72. The van der Waals surface area contributed by atoms with Crippen LogP contribution in [0.25, 0.3) is 0 Å². The van der Waals surface area contributed by atoms with Gasteiger partial charge in [-0.2, -0.15) is 8.78 Å². The smallest absolute Gasteiger partial charge is 0.387 e. The molecule has 0 aromatic heterocycles. The maximum Gasteiger partial charge on any atom is 0.387 e. The first-order chi connectivity index (χ1) is 12.6. The highest BCUT2D eigenvalue weighted by atomic mass is 19.3. The van der Waals surface area contributed by atoms with Gasteiger partial charge in [-0.3, -0.25) is 4.90 Å². The second kappa shape index (κ2) is 8.94. The summed E-state index contributed by atoms with van der Waals surface area (Å²) in [6.07, 6.45) is 1.99. The Morgan fingerprint density at radius 2 is 1.77 bits per heavy atom. The Balaban J connectivity index is 1.56. The minimum absolute atomic E-state index is 0.215. The number of likely N-dealkylation sites (tertiary alicyclic amines) is 1. The van der Waals surface area contributed by atoms with E-state index in [9.17, 15) is 13.2 Å². The van der Waals surface area contributed by atoms with Crippen LogP contribution in [-0.4, -0.2) is 31.2 Å². The third kappa shape index (κ3) is 5.14. The van der Waals surface area contributed by atoms with Gasteiger partial charge in [0.25, 0.3) is 0 Å². The van der Waals surface area contributed by atoms with Crippen LogP contribution in [0.5, 0.6) is 11.5 Å². The van der Waals surface area contributed by atoms with Crippen LogP contribution < -0.4 is 9.47 Å². The molecular weight excluding hydrogens is 343 g/mol. The molecular formula is C20H22F3NO2. The van der Waals surface area contributed by atoms with Gasteiger partial charge in [0.1, 0.15) is 5.75 Å². The van der Waals surface area contributed by atoms with Gasteiger partial charge in [-0.05, 0) is 37.6 Å². The zero-order valence-corrected chi connectivity index (χ0v) is 14.4. The molecule has 1 aliphatic rings. The number of rotatable bonds is 7. The molecule has 0 saturated carbocycles. The van der Waals surface area contributed by atoms with Crippen LogP contribution in [0.2, 0.25) is 0 Å². The molecule has 1 aliphatic heterocycles. The van der Waals surface area contributed by atoms with E-state index >= 15 is 0 Å². The highest BCUT2D eigenvalue weighted by Gasteiger charge is 2.22. The number of ether oxygens (including phenoxy) is 2. The minimum Gasteiger partial charge on any atom is -0.490 e. The molecule has 26 heavy (non-hydrogen) atoms. The molecule has 0 unspecified atom stereocenters. The monoisotopic (exact) mass is 365 g/mol. The largest absolute Gasteiger partial charge is 0.490 e.